The molecule has 0 bridgehead atoms. The second kappa shape index (κ2) is 13.9. The highest BCUT2D eigenvalue weighted by molar-refractivity contribution is 5.27. The molecule has 0 aromatic heterocycles. The fourth-order valence-electron chi connectivity index (χ4n) is 10.4. The fourth-order valence-corrected chi connectivity index (χ4v) is 10.4. The Hall–Kier alpha value is -1.12. The second-order valence-electron chi connectivity index (χ2n) is 16.5. The van der Waals surface area contributed by atoms with Gasteiger partial charge in [-0.15, -0.1) is 0 Å². The number of hydrogen-bond acceptors (Lipinski definition) is 2. The lowest BCUT2D eigenvalue weighted by molar-refractivity contribution is -0.111. The number of ether oxygens (including phenoxy) is 1. The van der Waals surface area contributed by atoms with Gasteiger partial charge < -0.3 is 10.5 Å². The molecule has 0 amide bonds. The molecule has 0 radical (unpaired) electrons. The molecule has 0 aliphatic heterocycles. The lowest BCUT2D eigenvalue weighted by Gasteiger charge is -2.63. The summed E-state index contributed by atoms with van der Waals surface area (Å²) in [6.45, 7) is 20.8. The van der Waals surface area contributed by atoms with E-state index in [4.69, 9.17) is 10.5 Å². The summed E-state index contributed by atoms with van der Waals surface area (Å²) in [7, 11) is 1.70. The van der Waals surface area contributed by atoms with Gasteiger partial charge in [0.15, 0.2) is 0 Å². The van der Waals surface area contributed by atoms with E-state index >= 15 is 0 Å². The van der Waals surface area contributed by atoms with Gasteiger partial charge >= 0.3 is 0 Å². The molecule has 2 N–H and O–H groups in total. The van der Waals surface area contributed by atoms with Crippen LogP contribution in [0.1, 0.15) is 132 Å². The van der Waals surface area contributed by atoms with E-state index in [1.54, 1.807) is 7.11 Å². The third-order valence-electron chi connectivity index (χ3n) is 13.9. The summed E-state index contributed by atoms with van der Waals surface area (Å²) >= 11 is 0. The van der Waals surface area contributed by atoms with Crippen molar-refractivity contribution in [2.24, 2.45) is 57.5 Å². The van der Waals surface area contributed by atoms with E-state index in [9.17, 15) is 0 Å². The molecule has 0 aromatic rings. The molecule has 4 fully saturated rings. The van der Waals surface area contributed by atoms with Crippen molar-refractivity contribution in [1.82, 2.24) is 0 Å². The normalized spacial score (nSPS) is 44.1. The van der Waals surface area contributed by atoms with E-state index in [0.29, 0.717) is 28.4 Å². The van der Waals surface area contributed by atoms with Crippen molar-refractivity contribution in [3.63, 3.8) is 0 Å². The smallest absolute Gasteiger partial charge is 0.0515 e. The third-order valence-corrected chi connectivity index (χ3v) is 13.9. The van der Waals surface area contributed by atoms with Gasteiger partial charge in [-0.05, 0) is 149 Å². The molecule has 9 unspecified atom stereocenters. The van der Waals surface area contributed by atoms with Crippen molar-refractivity contribution in [3.8, 4) is 0 Å². The van der Waals surface area contributed by atoms with Gasteiger partial charge in [0.2, 0.25) is 0 Å². The molecule has 6 rings (SSSR count). The van der Waals surface area contributed by atoms with E-state index < -0.39 is 0 Å². The summed E-state index contributed by atoms with van der Waals surface area (Å²) in [5.41, 5.74) is 11.1. The SMILES string of the molecule is C=C1C=CC=CC1.CC1CCC2(C)C3CCC4=CC(CC5CCC(N)[C@H](C)C5)CCC4(C)C3CCC12C.COC(C)C. The van der Waals surface area contributed by atoms with E-state index in [-0.39, 0.29) is 0 Å². The number of fused-ring (bicyclic) bond motifs is 5. The van der Waals surface area contributed by atoms with Crippen LogP contribution in [0.25, 0.3) is 0 Å². The molecule has 0 saturated heterocycles. The molecule has 6 aliphatic rings. The Kier molecular flexibility index (Phi) is 11.2. The minimum Gasteiger partial charge on any atom is -0.382 e. The maximum Gasteiger partial charge on any atom is 0.0515 e. The zero-order valence-electron chi connectivity index (χ0n) is 28.9. The van der Waals surface area contributed by atoms with Crippen LogP contribution in [-0.2, 0) is 4.74 Å². The number of allylic oxidation sites excluding steroid dienone is 7. The van der Waals surface area contributed by atoms with Crippen molar-refractivity contribution in [1.29, 1.82) is 0 Å². The molecule has 4 saturated carbocycles. The van der Waals surface area contributed by atoms with E-state index in [0.717, 1.165) is 41.9 Å². The van der Waals surface area contributed by atoms with Gasteiger partial charge in [0.05, 0.1) is 6.10 Å². The minimum atomic E-state index is 0.384. The topological polar surface area (TPSA) is 35.2 Å². The first-order valence-corrected chi connectivity index (χ1v) is 17.8. The Morgan fingerprint density at radius 3 is 2.24 bits per heavy atom. The maximum absolute atomic E-state index is 6.29. The maximum atomic E-state index is 6.29. The highest BCUT2D eigenvalue weighted by Gasteiger charge is 2.63. The van der Waals surface area contributed by atoms with Gasteiger partial charge in [0, 0.05) is 13.2 Å². The van der Waals surface area contributed by atoms with Crippen molar-refractivity contribution < 1.29 is 4.74 Å². The molecule has 0 heterocycles. The Balaban J connectivity index is 0.000000283. The zero-order chi connectivity index (χ0) is 30.7. The first kappa shape index (κ1) is 33.8. The van der Waals surface area contributed by atoms with E-state index in [1.807, 2.05) is 37.6 Å². The van der Waals surface area contributed by atoms with Gasteiger partial charge in [-0.25, -0.2) is 0 Å². The Labute approximate surface area is 261 Å². The minimum absolute atomic E-state index is 0.384. The van der Waals surface area contributed by atoms with E-state index in [2.05, 4.69) is 53.3 Å². The van der Waals surface area contributed by atoms with Crippen molar-refractivity contribution in [2.75, 3.05) is 7.11 Å². The van der Waals surface area contributed by atoms with Crippen molar-refractivity contribution >= 4 is 0 Å². The second-order valence-corrected chi connectivity index (χ2v) is 16.5. The Morgan fingerprint density at radius 1 is 0.929 bits per heavy atom. The number of nitrogens with two attached hydrogens (primary N) is 1. The quantitative estimate of drug-likeness (QED) is 0.339. The number of hydrogen-bond donors (Lipinski definition) is 1. The third kappa shape index (κ3) is 6.91. The predicted octanol–water partition coefficient (Wildman–Crippen LogP) is 10.8. The highest BCUT2D eigenvalue weighted by atomic mass is 16.5. The number of rotatable bonds is 3. The lowest BCUT2D eigenvalue weighted by Crippen LogP contribution is -2.55. The summed E-state index contributed by atoms with van der Waals surface area (Å²) in [4.78, 5) is 0. The predicted molar refractivity (Wildman–Crippen MR) is 182 cm³/mol. The molecule has 6 aliphatic carbocycles. The summed E-state index contributed by atoms with van der Waals surface area (Å²) in [6, 6.07) is 0.459. The molecule has 2 nitrogen and oxygen atoms in total. The van der Waals surface area contributed by atoms with Crippen molar-refractivity contribution in [3.05, 3.63) is 48.1 Å². The van der Waals surface area contributed by atoms with Crippen LogP contribution in [0.2, 0.25) is 0 Å². The monoisotopic (exact) mass is 578 g/mol. The standard InChI is InChI=1S/C29H49N.C7H8.C4H10O/c1-19-16-21(6-9-26(19)30)17-22-11-13-27(3)23(18-22)7-8-25-24(27)12-15-28(4)20(2)10-14-29(25,28)5;1-7-5-3-2-4-6-7;1-4(2)5-3/h18-22,24-26H,6-17,30H2,1-5H3;2-5H,1,6H2;4H,1-3H3/t19-,20?,21?,22?,24?,25?,26?,27?,28?,29?;;/m1../s1. The average molecular weight is 578 g/mol. The van der Waals surface area contributed by atoms with Gasteiger partial charge in [-0.2, -0.15) is 0 Å². The lowest BCUT2D eigenvalue weighted by atomic mass is 9.42. The first-order chi connectivity index (χ1) is 19.8. The Morgan fingerprint density at radius 2 is 1.64 bits per heavy atom. The molecular formula is C40H67NO. The van der Waals surface area contributed by atoms with Crippen LogP contribution < -0.4 is 5.73 Å². The summed E-state index contributed by atoms with van der Waals surface area (Å²) in [6.07, 6.45) is 29.6. The van der Waals surface area contributed by atoms with Gasteiger partial charge in [0.1, 0.15) is 0 Å². The van der Waals surface area contributed by atoms with Crippen LogP contribution in [0.15, 0.2) is 48.1 Å². The summed E-state index contributed by atoms with van der Waals surface area (Å²) < 4.78 is 4.75. The van der Waals surface area contributed by atoms with E-state index in [1.165, 1.54) is 82.6 Å². The fraction of sp³-hybridized carbons (Fsp3) is 0.800. The molecule has 0 aromatic carbocycles. The molecule has 0 spiro atoms. The van der Waals surface area contributed by atoms with Gasteiger partial charge in [-0.3, -0.25) is 0 Å². The highest BCUT2D eigenvalue weighted by Crippen LogP contribution is 2.72. The Bertz CT molecular complexity index is 1010. The van der Waals surface area contributed by atoms with Gasteiger partial charge in [0.25, 0.3) is 0 Å². The largest absolute Gasteiger partial charge is 0.382 e. The van der Waals surface area contributed by atoms with Crippen LogP contribution in [0, 0.1) is 51.8 Å². The van der Waals surface area contributed by atoms with Gasteiger partial charge in [-0.1, -0.05) is 82.7 Å². The van der Waals surface area contributed by atoms with Crippen LogP contribution in [0.3, 0.4) is 0 Å². The zero-order valence-corrected chi connectivity index (χ0v) is 28.9. The molecular weight excluding hydrogens is 510 g/mol. The molecule has 238 valence electrons. The van der Waals surface area contributed by atoms with Crippen LogP contribution in [0.4, 0.5) is 0 Å². The first-order valence-electron chi connectivity index (χ1n) is 17.8. The summed E-state index contributed by atoms with van der Waals surface area (Å²) in [5, 5.41) is 0. The van der Waals surface area contributed by atoms with Crippen LogP contribution in [-0.4, -0.2) is 19.3 Å². The van der Waals surface area contributed by atoms with Crippen LogP contribution in [0.5, 0.6) is 0 Å². The molecule has 10 atom stereocenters. The molecule has 2 heteroatoms. The number of methoxy groups -OCH3 is 1. The average Bonchev–Trinajstić information content (AvgIpc) is 3.21. The summed E-state index contributed by atoms with van der Waals surface area (Å²) in [5.74, 6) is 5.36. The molecule has 42 heavy (non-hydrogen) atoms. The van der Waals surface area contributed by atoms with Crippen LogP contribution >= 0.6 is 0 Å². The van der Waals surface area contributed by atoms with Crippen molar-refractivity contribution in [2.45, 2.75) is 144 Å².